The van der Waals surface area contributed by atoms with E-state index in [-0.39, 0.29) is 5.56 Å². The van der Waals surface area contributed by atoms with Crippen LogP contribution >= 0.6 is 0 Å². The second kappa shape index (κ2) is 8.78. The molecule has 2 heterocycles. The third-order valence-corrected chi connectivity index (χ3v) is 4.88. The lowest BCUT2D eigenvalue weighted by Gasteiger charge is -2.08. The van der Waals surface area contributed by atoms with Gasteiger partial charge in [-0.2, -0.15) is 5.10 Å². The summed E-state index contributed by atoms with van der Waals surface area (Å²) >= 11 is 0. The van der Waals surface area contributed by atoms with Gasteiger partial charge in [-0.3, -0.25) is 4.98 Å². The van der Waals surface area contributed by atoms with Crippen LogP contribution in [0, 0.1) is 0 Å². The second-order valence-corrected chi connectivity index (χ2v) is 7.01. The summed E-state index contributed by atoms with van der Waals surface area (Å²) in [4.78, 5) is 20.7. The van der Waals surface area contributed by atoms with Crippen LogP contribution in [0.3, 0.4) is 0 Å². The molecule has 0 saturated carbocycles. The molecule has 1 N–H and O–H groups in total. The van der Waals surface area contributed by atoms with E-state index in [1.165, 1.54) is 0 Å². The zero-order chi connectivity index (χ0) is 20.1. The van der Waals surface area contributed by atoms with E-state index < -0.39 is 5.97 Å². The third-order valence-electron chi connectivity index (χ3n) is 4.88. The van der Waals surface area contributed by atoms with Crippen LogP contribution in [0.25, 0.3) is 11.3 Å². The van der Waals surface area contributed by atoms with Crippen molar-refractivity contribution in [2.24, 2.45) is 0 Å². The normalized spacial score (nSPS) is 12.1. The van der Waals surface area contributed by atoms with Crippen LogP contribution in [0.4, 0.5) is 0 Å². The number of pyridine rings is 1. The maximum Gasteiger partial charge on any atom is 0.336 e. The van der Waals surface area contributed by atoms with Crippen molar-refractivity contribution in [3.8, 4) is 11.3 Å². The predicted octanol–water partition coefficient (Wildman–Crippen LogP) is 4.55. The number of hydrogen-bond acceptors (Lipinski definition) is 4. The molecule has 6 nitrogen and oxygen atoms in total. The van der Waals surface area contributed by atoms with Crippen LogP contribution in [0.15, 0.2) is 42.6 Å². The molecule has 1 unspecified atom stereocenters. The molecule has 0 aliphatic heterocycles. The van der Waals surface area contributed by atoms with Gasteiger partial charge in [-0.05, 0) is 30.5 Å². The second-order valence-electron chi connectivity index (χ2n) is 7.01. The number of carbonyl (C=O) groups is 1. The summed E-state index contributed by atoms with van der Waals surface area (Å²) in [6, 6.07) is 10.7. The Morgan fingerprint density at radius 3 is 2.61 bits per heavy atom. The largest absolute Gasteiger partial charge is 0.478 e. The Bertz CT molecular complexity index is 947. The quantitative estimate of drug-likeness (QED) is 0.622. The first-order chi connectivity index (χ1) is 13.5. The first-order valence-electron chi connectivity index (χ1n) is 9.74. The summed E-state index contributed by atoms with van der Waals surface area (Å²) in [5, 5.41) is 14.1. The van der Waals surface area contributed by atoms with E-state index in [4.69, 9.17) is 10.1 Å². The molecule has 0 amide bonds. The predicted molar refractivity (Wildman–Crippen MR) is 108 cm³/mol. The molecule has 1 atom stereocenters. The maximum absolute atomic E-state index is 11.4. The fourth-order valence-corrected chi connectivity index (χ4v) is 3.06. The van der Waals surface area contributed by atoms with Gasteiger partial charge in [0.05, 0.1) is 17.8 Å². The van der Waals surface area contributed by atoms with Crippen molar-refractivity contribution < 1.29 is 9.90 Å². The number of hydrogen-bond donors (Lipinski definition) is 1. The lowest BCUT2D eigenvalue weighted by atomic mass is 10.0. The average Bonchev–Trinajstić information content (AvgIpc) is 3.10. The van der Waals surface area contributed by atoms with Gasteiger partial charge in [-0.15, -0.1) is 0 Å². The molecular weight excluding hydrogens is 352 g/mol. The summed E-state index contributed by atoms with van der Waals surface area (Å²) in [7, 11) is 0. The number of rotatable bonds is 8. The number of carboxylic acid groups (broad SMARTS) is 1. The van der Waals surface area contributed by atoms with Crippen LogP contribution in [0.5, 0.6) is 0 Å². The van der Waals surface area contributed by atoms with Crippen LogP contribution in [-0.4, -0.2) is 30.8 Å². The van der Waals surface area contributed by atoms with Crippen LogP contribution in [0.2, 0.25) is 0 Å². The molecule has 0 aliphatic rings. The first-order valence-corrected chi connectivity index (χ1v) is 9.74. The van der Waals surface area contributed by atoms with E-state index in [0.717, 1.165) is 36.5 Å². The smallest absolute Gasteiger partial charge is 0.336 e. The standard InChI is InChI=1S/C22H26N4O2/c1-4-8-20-24-21(15(3)5-2)25-26(20)14-16-11-12-19(23-13-16)17-9-6-7-10-18(17)22(27)28/h6-7,9-13,15H,4-5,8,14H2,1-3H3,(H,27,28). The van der Waals surface area contributed by atoms with Crippen LogP contribution in [-0.2, 0) is 13.0 Å². The zero-order valence-electron chi connectivity index (χ0n) is 16.6. The molecule has 0 aliphatic carbocycles. The van der Waals surface area contributed by atoms with Gasteiger partial charge < -0.3 is 5.11 Å². The number of carboxylic acids is 1. The van der Waals surface area contributed by atoms with Crippen molar-refractivity contribution >= 4 is 5.97 Å². The number of benzene rings is 1. The van der Waals surface area contributed by atoms with E-state index in [1.807, 2.05) is 22.9 Å². The molecule has 0 saturated heterocycles. The lowest BCUT2D eigenvalue weighted by molar-refractivity contribution is 0.0697. The van der Waals surface area contributed by atoms with Crippen molar-refractivity contribution in [1.82, 2.24) is 19.7 Å². The third kappa shape index (κ3) is 4.27. The Hall–Kier alpha value is -3.02. The molecule has 6 heteroatoms. The van der Waals surface area contributed by atoms with Gasteiger partial charge in [-0.25, -0.2) is 14.5 Å². The van der Waals surface area contributed by atoms with Crippen molar-refractivity contribution in [1.29, 1.82) is 0 Å². The van der Waals surface area contributed by atoms with Gasteiger partial charge in [0.15, 0.2) is 5.82 Å². The van der Waals surface area contributed by atoms with Gasteiger partial charge in [0, 0.05) is 24.1 Å². The van der Waals surface area contributed by atoms with E-state index in [9.17, 15) is 9.90 Å². The SMILES string of the molecule is CCCc1nc(C(C)CC)nn1Cc1ccc(-c2ccccc2C(=O)O)nc1. The number of aryl methyl sites for hydroxylation is 1. The minimum atomic E-state index is -0.953. The fourth-order valence-electron chi connectivity index (χ4n) is 3.06. The van der Waals surface area contributed by atoms with Gasteiger partial charge in [0.25, 0.3) is 0 Å². The highest BCUT2D eigenvalue weighted by Crippen LogP contribution is 2.22. The summed E-state index contributed by atoms with van der Waals surface area (Å²) in [5.41, 5.74) is 2.53. The van der Waals surface area contributed by atoms with Crippen LogP contribution < -0.4 is 0 Å². The van der Waals surface area contributed by atoms with Gasteiger partial charge in [0.2, 0.25) is 0 Å². The zero-order valence-corrected chi connectivity index (χ0v) is 16.6. The number of aromatic nitrogens is 4. The maximum atomic E-state index is 11.4. The minimum absolute atomic E-state index is 0.252. The van der Waals surface area contributed by atoms with Gasteiger partial charge in [0.1, 0.15) is 5.82 Å². The molecule has 1 aromatic carbocycles. The summed E-state index contributed by atoms with van der Waals surface area (Å²) in [6.07, 6.45) is 4.70. The van der Waals surface area contributed by atoms with Crippen molar-refractivity contribution in [3.05, 3.63) is 65.4 Å². The van der Waals surface area contributed by atoms with Gasteiger partial charge in [-0.1, -0.05) is 45.0 Å². The Labute approximate surface area is 165 Å². The average molecular weight is 378 g/mol. The Kier molecular flexibility index (Phi) is 6.19. The summed E-state index contributed by atoms with van der Waals surface area (Å²) in [6.45, 7) is 7.03. The van der Waals surface area contributed by atoms with E-state index in [0.29, 0.717) is 23.7 Å². The number of nitrogens with zero attached hydrogens (tertiary/aromatic N) is 4. The van der Waals surface area contributed by atoms with Gasteiger partial charge >= 0.3 is 5.97 Å². The molecule has 3 rings (SSSR count). The Balaban J connectivity index is 1.85. The highest BCUT2D eigenvalue weighted by atomic mass is 16.4. The van der Waals surface area contributed by atoms with Crippen LogP contribution in [0.1, 0.15) is 67.1 Å². The highest BCUT2D eigenvalue weighted by molar-refractivity contribution is 5.95. The van der Waals surface area contributed by atoms with Crippen molar-refractivity contribution in [2.45, 2.75) is 52.5 Å². The summed E-state index contributed by atoms with van der Waals surface area (Å²) in [5.74, 6) is 1.28. The Morgan fingerprint density at radius 1 is 1.18 bits per heavy atom. The van der Waals surface area contributed by atoms with E-state index >= 15 is 0 Å². The molecular formula is C22H26N4O2. The molecule has 146 valence electrons. The molecule has 0 fully saturated rings. The molecule has 28 heavy (non-hydrogen) atoms. The lowest BCUT2D eigenvalue weighted by Crippen LogP contribution is -2.08. The monoisotopic (exact) mass is 378 g/mol. The molecule has 0 spiro atoms. The Morgan fingerprint density at radius 2 is 1.96 bits per heavy atom. The number of aromatic carboxylic acids is 1. The highest BCUT2D eigenvalue weighted by Gasteiger charge is 2.15. The summed E-state index contributed by atoms with van der Waals surface area (Å²) < 4.78 is 1.97. The van der Waals surface area contributed by atoms with E-state index in [1.54, 1.807) is 24.4 Å². The molecule has 3 aromatic rings. The molecule has 2 aromatic heterocycles. The first kappa shape index (κ1) is 19.7. The molecule has 0 bridgehead atoms. The van der Waals surface area contributed by atoms with Crippen molar-refractivity contribution in [2.75, 3.05) is 0 Å². The molecule has 0 radical (unpaired) electrons. The minimum Gasteiger partial charge on any atom is -0.478 e. The van der Waals surface area contributed by atoms with Crippen molar-refractivity contribution in [3.63, 3.8) is 0 Å². The fraction of sp³-hybridized carbons (Fsp3) is 0.364. The van der Waals surface area contributed by atoms with E-state index in [2.05, 4.69) is 25.8 Å². The topological polar surface area (TPSA) is 80.9 Å².